The van der Waals surface area contributed by atoms with E-state index in [1.807, 2.05) is 13.8 Å². The number of hydrogen-bond acceptors (Lipinski definition) is 3. The van der Waals surface area contributed by atoms with Crippen LogP contribution in [0.5, 0.6) is 0 Å². The van der Waals surface area contributed by atoms with Gasteiger partial charge in [0.2, 0.25) is 0 Å². The van der Waals surface area contributed by atoms with Gasteiger partial charge < -0.3 is 5.73 Å². The second kappa shape index (κ2) is 6.65. The predicted octanol–water partition coefficient (Wildman–Crippen LogP) is 0.798. The highest BCUT2D eigenvalue weighted by Gasteiger charge is 2.33. The fourth-order valence-corrected chi connectivity index (χ4v) is 4.02. The molecule has 1 aliphatic heterocycles. The Hall–Kier alpha value is -0.430. The Kier molecular flexibility index (Phi) is 5.78. The van der Waals surface area contributed by atoms with Crippen molar-refractivity contribution in [1.29, 1.82) is 0 Å². The van der Waals surface area contributed by atoms with E-state index in [1.165, 1.54) is 4.31 Å². The van der Waals surface area contributed by atoms with Crippen molar-refractivity contribution in [3.05, 3.63) is 12.7 Å². The zero-order valence-corrected chi connectivity index (χ0v) is 12.2. The third-order valence-corrected chi connectivity index (χ3v) is 5.60. The minimum atomic E-state index is -3.36. The molecule has 0 radical (unpaired) electrons. The molecular weight excluding hydrogens is 250 g/mol. The van der Waals surface area contributed by atoms with Gasteiger partial charge in [0.25, 0.3) is 10.2 Å². The Balaban J connectivity index is 2.76. The van der Waals surface area contributed by atoms with Crippen LogP contribution in [0, 0.1) is 5.92 Å². The van der Waals surface area contributed by atoms with Crippen molar-refractivity contribution in [2.75, 3.05) is 26.2 Å². The molecule has 0 spiro atoms. The van der Waals surface area contributed by atoms with E-state index in [9.17, 15) is 8.42 Å². The second-order valence-corrected chi connectivity index (χ2v) is 6.92. The topological polar surface area (TPSA) is 66.6 Å². The van der Waals surface area contributed by atoms with Crippen molar-refractivity contribution in [1.82, 2.24) is 8.61 Å². The molecule has 1 aliphatic rings. The van der Waals surface area contributed by atoms with Gasteiger partial charge in [-0.15, -0.1) is 6.58 Å². The monoisotopic (exact) mass is 275 g/mol. The lowest BCUT2D eigenvalue weighted by Crippen LogP contribution is -2.50. The summed E-state index contributed by atoms with van der Waals surface area (Å²) in [6.45, 7) is 9.54. The van der Waals surface area contributed by atoms with Gasteiger partial charge in [-0.05, 0) is 39.2 Å². The lowest BCUT2D eigenvalue weighted by Gasteiger charge is -2.35. The molecule has 0 aromatic carbocycles. The Morgan fingerprint density at radius 2 is 2.00 bits per heavy atom. The van der Waals surface area contributed by atoms with Gasteiger partial charge in [-0.25, -0.2) is 0 Å². The molecule has 1 heterocycles. The van der Waals surface area contributed by atoms with Gasteiger partial charge in [0, 0.05) is 25.7 Å². The summed E-state index contributed by atoms with van der Waals surface area (Å²) < 4.78 is 28.0. The third-order valence-electron chi connectivity index (χ3n) is 3.41. The Morgan fingerprint density at radius 1 is 1.44 bits per heavy atom. The molecule has 6 heteroatoms. The molecule has 5 nitrogen and oxygen atoms in total. The summed E-state index contributed by atoms with van der Waals surface area (Å²) in [5, 5.41) is 0. The average molecular weight is 275 g/mol. The van der Waals surface area contributed by atoms with E-state index in [2.05, 4.69) is 6.58 Å². The number of nitrogens with two attached hydrogens (primary N) is 1. The molecule has 1 fully saturated rings. The zero-order valence-electron chi connectivity index (χ0n) is 11.4. The fourth-order valence-electron chi connectivity index (χ4n) is 2.22. The Morgan fingerprint density at radius 3 is 2.39 bits per heavy atom. The van der Waals surface area contributed by atoms with Gasteiger partial charge in [0.15, 0.2) is 0 Å². The van der Waals surface area contributed by atoms with Gasteiger partial charge in [0.05, 0.1) is 0 Å². The normalized spacial score (nSPS) is 19.6. The maximum Gasteiger partial charge on any atom is 0.282 e. The second-order valence-electron chi connectivity index (χ2n) is 5.04. The lowest BCUT2D eigenvalue weighted by atomic mass is 9.99. The SMILES string of the molecule is C=CCN(C(C)C)S(=O)(=O)N1CCC(CN)CC1. The summed E-state index contributed by atoms with van der Waals surface area (Å²) in [5.74, 6) is 0.461. The summed E-state index contributed by atoms with van der Waals surface area (Å²) in [6.07, 6.45) is 3.34. The summed E-state index contributed by atoms with van der Waals surface area (Å²) in [5.41, 5.74) is 5.62. The van der Waals surface area contributed by atoms with E-state index in [0.717, 1.165) is 12.8 Å². The van der Waals surface area contributed by atoms with Gasteiger partial charge >= 0.3 is 0 Å². The third kappa shape index (κ3) is 3.54. The number of rotatable bonds is 6. The minimum Gasteiger partial charge on any atom is -0.330 e. The van der Waals surface area contributed by atoms with Gasteiger partial charge in [-0.3, -0.25) is 0 Å². The quantitative estimate of drug-likeness (QED) is 0.729. The summed E-state index contributed by atoms with van der Waals surface area (Å²) >= 11 is 0. The molecule has 0 atom stereocenters. The van der Waals surface area contributed by atoms with Crippen LogP contribution in [-0.4, -0.2) is 49.2 Å². The maximum atomic E-state index is 12.5. The molecule has 0 aliphatic carbocycles. The average Bonchev–Trinajstić information content (AvgIpc) is 2.35. The number of nitrogens with zero attached hydrogens (tertiary/aromatic N) is 2. The molecular formula is C12H25N3O2S. The van der Waals surface area contributed by atoms with E-state index < -0.39 is 10.2 Å². The fraction of sp³-hybridized carbons (Fsp3) is 0.833. The highest BCUT2D eigenvalue weighted by atomic mass is 32.2. The van der Waals surface area contributed by atoms with Crippen LogP contribution >= 0.6 is 0 Å². The van der Waals surface area contributed by atoms with Crippen molar-refractivity contribution in [3.63, 3.8) is 0 Å². The summed E-state index contributed by atoms with van der Waals surface area (Å²) in [7, 11) is -3.36. The van der Waals surface area contributed by atoms with Crippen LogP contribution < -0.4 is 5.73 Å². The molecule has 0 unspecified atom stereocenters. The van der Waals surface area contributed by atoms with E-state index >= 15 is 0 Å². The molecule has 106 valence electrons. The van der Waals surface area contributed by atoms with Crippen molar-refractivity contribution in [2.24, 2.45) is 11.7 Å². The first-order valence-corrected chi connectivity index (χ1v) is 7.91. The predicted molar refractivity (Wildman–Crippen MR) is 74.3 cm³/mol. The first-order valence-electron chi connectivity index (χ1n) is 6.51. The largest absolute Gasteiger partial charge is 0.330 e. The highest BCUT2D eigenvalue weighted by Crippen LogP contribution is 2.21. The van der Waals surface area contributed by atoms with Crippen molar-refractivity contribution >= 4 is 10.2 Å². The van der Waals surface area contributed by atoms with Crippen LogP contribution in [0.25, 0.3) is 0 Å². The Bertz CT molecular complexity index is 360. The first kappa shape index (κ1) is 15.6. The lowest BCUT2D eigenvalue weighted by molar-refractivity contribution is 0.252. The smallest absolute Gasteiger partial charge is 0.282 e. The van der Waals surface area contributed by atoms with Crippen LogP contribution in [0.15, 0.2) is 12.7 Å². The number of piperidine rings is 1. The molecule has 0 aromatic rings. The molecule has 0 amide bonds. The molecule has 0 aromatic heterocycles. The van der Waals surface area contributed by atoms with Gasteiger partial charge in [-0.1, -0.05) is 6.08 Å². The van der Waals surface area contributed by atoms with Crippen LogP contribution in [0.4, 0.5) is 0 Å². The van der Waals surface area contributed by atoms with Crippen molar-refractivity contribution < 1.29 is 8.42 Å². The van der Waals surface area contributed by atoms with E-state index in [0.29, 0.717) is 32.1 Å². The molecule has 1 saturated heterocycles. The summed E-state index contributed by atoms with van der Waals surface area (Å²) in [6, 6.07) is -0.0553. The van der Waals surface area contributed by atoms with E-state index in [-0.39, 0.29) is 6.04 Å². The maximum absolute atomic E-state index is 12.5. The van der Waals surface area contributed by atoms with Crippen LogP contribution in [0.2, 0.25) is 0 Å². The molecule has 0 bridgehead atoms. The molecule has 18 heavy (non-hydrogen) atoms. The first-order chi connectivity index (χ1) is 8.43. The minimum absolute atomic E-state index is 0.0553. The highest BCUT2D eigenvalue weighted by molar-refractivity contribution is 7.86. The van der Waals surface area contributed by atoms with Crippen molar-refractivity contribution in [2.45, 2.75) is 32.7 Å². The number of hydrogen-bond donors (Lipinski definition) is 1. The van der Waals surface area contributed by atoms with Gasteiger partial charge in [0.1, 0.15) is 0 Å². The molecule has 2 N–H and O–H groups in total. The zero-order chi connectivity index (χ0) is 13.8. The van der Waals surface area contributed by atoms with E-state index in [1.54, 1.807) is 10.4 Å². The van der Waals surface area contributed by atoms with Crippen LogP contribution in [-0.2, 0) is 10.2 Å². The van der Waals surface area contributed by atoms with Crippen LogP contribution in [0.3, 0.4) is 0 Å². The van der Waals surface area contributed by atoms with E-state index in [4.69, 9.17) is 5.73 Å². The summed E-state index contributed by atoms with van der Waals surface area (Å²) in [4.78, 5) is 0. The van der Waals surface area contributed by atoms with Crippen molar-refractivity contribution in [3.8, 4) is 0 Å². The van der Waals surface area contributed by atoms with Gasteiger partial charge in [-0.2, -0.15) is 17.0 Å². The molecule has 1 rings (SSSR count). The Labute approximate surface area is 111 Å². The van der Waals surface area contributed by atoms with Crippen LogP contribution in [0.1, 0.15) is 26.7 Å². The standard InChI is InChI=1S/C12H25N3O2S/c1-4-7-15(11(2)3)18(16,17)14-8-5-12(10-13)6-9-14/h4,11-12H,1,5-10,13H2,2-3H3. The molecule has 0 saturated carbocycles.